The van der Waals surface area contributed by atoms with Gasteiger partial charge in [-0.15, -0.1) is 11.3 Å². The molecule has 0 saturated heterocycles. The highest BCUT2D eigenvalue weighted by molar-refractivity contribution is 9.11. The van der Waals surface area contributed by atoms with Crippen molar-refractivity contribution < 1.29 is 9.53 Å². The lowest BCUT2D eigenvalue weighted by molar-refractivity contribution is -0.142. The van der Waals surface area contributed by atoms with Gasteiger partial charge in [-0.2, -0.15) is 0 Å². The second-order valence-electron chi connectivity index (χ2n) is 4.41. The van der Waals surface area contributed by atoms with E-state index in [9.17, 15) is 4.79 Å². The lowest BCUT2D eigenvalue weighted by Gasteiger charge is -2.20. The molecular weight excluding hydrogens is 338 g/mol. The van der Waals surface area contributed by atoms with Crippen molar-refractivity contribution >= 4 is 33.2 Å². The molecule has 5 heteroatoms. The van der Waals surface area contributed by atoms with Crippen LogP contribution in [0.25, 0.3) is 0 Å². The first-order valence-electron chi connectivity index (χ1n) is 6.24. The van der Waals surface area contributed by atoms with E-state index in [-0.39, 0.29) is 5.97 Å². The van der Waals surface area contributed by atoms with Gasteiger partial charge in [-0.3, -0.25) is 9.69 Å². The molecule has 0 spiro atoms. The van der Waals surface area contributed by atoms with E-state index in [2.05, 4.69) is 39.0 Å². The second-order valence-corrected chi connectivity index (χ2v) is 6.96. The number of hydrogen-bond donors (Lipinski definition) is 0. The van der Waals surface area contributed by atoms with Gasteiger partial charge in [0.25, 0.3) is 0 Å². The SMILES string of the molecule is COC(=O)CN(Cc1ccccc1)Cc1ccc(Br)s1. The fourth-order valence-electron chi connectivity index (χ4n) is 1.91. The number of methoxy groups -OCH3 is 1. The van der Waals surface area contributed by atoms with Crippen LogP contribution >= 0.6 is 27.3 Å². The summed E-state index contributed by atoms with van der Waals surface area (Å²) in [5, 5.41) is 0. The van der Waals surface area contributed by atoms with Gasteiger partial charge >= 0.3 is 5.97 Å². The third kappa shape index (κ3) is 4.74. The normalized spacial score (nSPS) is 10.8. The summed E-state index contributed by atoms with van der Waals surface area (Å²) in [5.41, 5.74) is 1.19. The monoisotopic (exact) mass is 353 g/mol. The van der Waals surface area contributed by atoms with Gasteiger partial charge in [0.1, 0.15) is 0 Å². The Morgan fingerprint density at radius 1 is 1.20 bits per heavy atom. The van der Waals surface area contributed by atoms with E-state index in [0.29, 0.717) is 6.54 Å². The number of halogens is 1. The maximum atomic E-state index is 11.5. The van der Waals surface area contributed by atoms with Crippen molar-refractivity contribution in [3.05, 3.63) is 56.7 Å². The van der Waals surface area contributed by atoms with E-state index in [1.807, 2.05) is 24.3 Å². The quantitative estimate of drug-likeness (QED) is 0.741. The molecule has 2 rings (SSSR count). The number of rotatable bonds is 6. The summed E-state index contributed by atoms with van der Waals surface area (Å²) < 4.78 is 5.88. The highest BCUT2D eigenvalue weighted by Gasteiger charge is 2.13. The zero-order valence-electron chi connectivity index (χ0n) is 11.2. The summed E-state index contributed by atoms with van der Waals surface area (Å²) >= 11 is 5.15. The summed E-state index contributed by atoms with van der Waals surface area (Å²) in [5.74, 6) is -0.212. The third-order valence-corrected chi connectivity index (χ3v) is 4.45. The summed E-state index contributed by atoms with van der Waals surface area (Å²) in [7, 11) is 1.42. The van der Waals surface area contributed by atoms with Gasteiger partial charge in [0.2, 0.25) is 0 Å². The van der Waals surface area contributed by atoms with Crippen LogP contribution in [-0.2, 0) is 22.6 Å². The number of nitrogens with zero attached hydrogens (tertiary/aromatic N) is 1. The van der Waals surface area contributed by atoms with Gasteiger partial charge in [0, 0.05) is 18.0 Å². The Kier molecular flexibility index (Phi) is 5.76. The first kappa shape index (κ1) is 15.2. The molecule has 0 aliphatic rings. The maximum Gasteiger partial charge on any atom is 0.319 e. The van der Waals surface area contributed by atoms with E-state index >= 15 is 0 Å². The number of ether oxygens (including phenoxy) is 1. The Balaban J connectivity index is 2.05. The lowest BCUT2D eigenvalue weighted by atomic mass is 10.2. The molecule has 1 aromatic heterocycles. The van der Waals surface area contributed by atoms with Crippen molar-refractivity contribution in [3.8, 4) is 0 Å². The van der Waals surface area contributed by atoms with E-state index in [1.54, 1.807) is 11.3 Å². The summed E-state index contributed by atoms with van der Waals surface area (Å²) in [4.78, 5) is 14.8. The number of esters is 1. The van der Waals surface area contributed by atoms with Crippen LogP contribution in [0.5, 0.6) is 0 Å². The number of benzene rings is 1. The van der Waals surface area contributed by atoms with Gasteiger partial charge in [0.05, 0.1) is 17.4 Å². The van der Waals surface area contributed by atoms with Crippen molar-refractivity contribution in [2.24, 2.45) is 0 Å². The minimum atomic E-state index is -0.212. The number of carbonyl (C=O) groups excluding carboxylic acids is 1. The first-order chi connectivity index (χ1) is 9.67. The van der Waals surface area contributed by atoms with Crippen LogP contribution < -0.4 is 0 Å². The van der Waals surface area contributed by atoms with Gasteiger partial charge in [-0.05, 0) is 33.6 Å². The molecule has 3 nitrogen and oxygen atoms in total. The van der Waals surface area contributed by atoms with Crippen molar-refractivity contribution in [1.82, 2.24) is 4.90 Å². The Hall–Kier alpha value is -1.17. The molecule has 1 heterocycles. The van der Waals surface area contributed by atoms with Gasteiger partial charge in [-0.1, -0.05) is 30.3 Å². The smallest absolute Gasteiger partial charge is 0.319 e. The molecule has 0 fully saturated rings. The molecule has 0 amide bonds. The zero-order valence-corrected chi connectivity index (χ0v) is 13.6. The van der Waals surface area contributed by atoms with Gasteiger partial charge in [-0.25, -0.2) is 0 Å². The Labute approximate surface area is 131 Å². The number of carbonyl (C=O) groups is 1. The molecule has 0 unspecified atom stereocenters. The van der Waals surface area contributed by atoms with Crippen LogP contribution in [0.15, 0.2) is 46.3 Å². The zero-order chi connectivity index (χ0) is 14.4. The largest absolute Gasteiger partial charge is 0.468 e. The summed E-state index contributed by atoms with van der Waals surface area (Å²) in [6.45, 7) is 1.76. The lowest BCUT2D eigenvalue weighted by Crippen LogP contribution is -2.29. The number of hydrogen-bond acceptors (Lipinski definition) is 4. The van der Waals surface area contributed by atoms with Crippen molar-refractivity contribution in [2.45, 2.75) is 13.1 Å². The predicted octanol–water partition coefficient (Wildman–Crippen LogP) is 3.69. The average molecular weight is 354 g/mol. The fraction of sp³-hybridized carbons (Fsp3) is 0.267. The minimum absolute atomic E-state index is 0.212. The fourth-order valence-corrected chi connectivity index (χ4v) is 3.44. The van der Waals surface area contributed by atoms with Crippen LogP contribution in [0.3, 0.4) is 0 Å². The van der Waals surface area contributed by atoms with Crippen molar-refractivity contribution in [2.75, 3.05) is 13.7 Å². The Bertz CT molecular complexity index is 556. The molecule has 0 N–H and O–H groups in total. The molecule has 0 bridgehead atoms. The molecular formula is C15H16BrNO2S. The van der Waals surface area contributed by atoms with Crippen LogP contribution in [0, 0.1) is 0 Å². The predicted molar refractivity (Wildman–Crippen MR) is 84.6 cm³/mol. The van der Waals surface area contributed by atoms with Gasteiger partial charge in [0.15, 0.2) is 0 Å². The molecule has 106 valence electrons. The van der Waals surface area contributed by atoms with E-state index in [0.717, 1.165) is 16.9 Å². The van der Waals surface area contributed by atoms with Crippen LogP contribution in [-0.4, -0.2) is 24.5 Å². The molecule has 0 atom stereocenters. The summed E-state index contributed by atoms with van der Waals surface area (Å²) in [6, 6.07) is 14.2. The first-order valence-corrected chi connectivity index (χ1v) is 7.85. The average Bonchev–Trinajstić information content (AvgIpc) is 2.85. The third-order valence-electron chi connectivity index (χ3n) is 2.84. The van der Waals surface area contributed by atoms with Crippen LogP contribution in [0.4, 0.5) is 0 Å². The van der Waals surface area contributed by atoms with Crippen LogP contribution in [0.1, 0.15) is 10.4 Å². The maximum absolute atomic E-state index is 11.5. The molecule has 0 aliphatic heterocycles. The van der Waals surface area contributed by atoms with E-state index in [1.165, 1.54) is 17.6 Å². The molecule has 1 aromatic carbocycles. The highest BCUT2D eigenvalue weighted by atomic mass is 79.9. The second kappa shape index (κ2) is 7.57. The standard InChI is InChI=1S/C15H16BrNO2S/c1-19-15(18)11-17(9-12-5-3-2-4-6-12)10-13-7-8-14(16)20-13/h2-8H,9-11H2,1H3. The summed E-state index contributed by atoms with van der Waals surface area (Å²) in [6.07, 6.45) is 0. The highest BCUT2D eigenvalue weighted by Crippen LogP contribution is 2.23. The molecule has 2 aromatic rings. The molecule has 0 radical (unpaired) electrons. The van der Waals surface area contributed by atoms with Crippen molar-refractivity contribution in [3.63, 3.8) is 0 Å². The molecule has 0 aliphatic carbocycles. The Morgan fingerprint density at radius 2 is 1.95 bits per heavy atom. The van der Waals surface area contributed by atoms with Gasteiger partial charge < -0.3 is 4.74 Å². The van der Waals surface area contributed by atoms with E-state index < -0.39 is 0 Å². The topological polar surface area (TPSA) is 29.5 Å². The minimum Gasteiger partial charge on any atom is -0.468 e. The van der Waals surface area contributed by atoms with Crippen LogP contribution in [0.2, 0.25) is 0 Å². The Morgan fingerprint density at radius 3 is 2.55 bits per heavy atom. The molecule has 0 saturated carbocycles. The number of thiophene rings is 1. The molecule has 20 heavy (non-hydrogen) atoms. The van der Waals surface area contributed by atoms with Crippen molar-refractivity contribution in [1.29, 1.82) is 0 Å². The van der Waals surface area contributed by atoms with E-state index in [4.69, 9.17) is 4.74 Å².